The number of hydrogen-bond acceptors (Lipinski definition) is 4. The zero-order valence-corrected chi connectivity index (χ0v) is 17.5. The Labute approximate surface area is 171 Å². The van der Waals surface area contributed by atoms with Crippen LogP contribution in [0.5, 0.6) is 0 Å². The van der Waals surface area contributed by atoms with Crippen molar-refractivity contribution < 1.29 is 14.6 Å². The van der Waals surface area contributed by atoms with Crippen LogP contribution in [0.3, 0.4) is 0 Å². The average Bonchev–Trinajstić information content (AvgIpc) is 2.71. The predicted molar refractivity (Wildman–Crippen MR) is 115 cm³/mol. The second kappa shape index (κ2) is 8.61. The van der Waals surface area contributed by atoms with Crippen LogP contribution in [0.4, 0.5) is 17.1 Å². The van der Waals surface area contributed by atoms with E-state index in [9.17, 15) is 14.9 Å². The topological polar surface area (TPSA) is 79.9 Å². The Kier molecular flexibility index (Phi) is 6.17. The summed E-state index contributed by atoms with van der Waals surface area (Å²) in [6.07, 6.45) is 0. The number of piperazine rings is 1. The van der Waals surface area contributed by atoms with Crippen molar-refractivity contribution in [1.82, 2.24) is 0 Å². The minimum atomic E-state index is -0.430. The molecule has 1 aliphatic heterocycles. The van der Waals surface area contributed by atoms with E-state index in [0.717, 1.165) is 26.2 Å². The first-order valence-corrected chi connectivity index (χ1v) is 9.99. The van der Waals surface area contributed by atoms with E-state index in [4.69, 9.17) is 0 Å². The van der Waals surface area contributed by atoms with E-state index < -0.39 is 4.92 Å². The SMILES string of the molecule is Cc1cc([N+](=O)[O-])ccc1NC(=O)[C@@H](C)[NH+]1CCN(c2cccc(C)c2C)CC1. The monoisotopic (exact) mass is 397 g/mol. The molecule has 0 saturated carbocycles. The molecule has 0 aliphatic carbocycles. The van der Waals surface area contributed by atoms with Crippen molar-refractivity contribution in [3.05, 3.63) is 63.2 Å². The molecule has 2 aromatic carbocycles. The van der Waals surface area contributed by atoms with Gasteiger partial charge >= 0.3 is 0 Å². The summed E-state index contributed by atoms with van der Waals surface area (Å²) in [7, 11) is 0. The quantitative estimate of drug-likeness (QED) is 0.599. The number of hydrogen-bond donors (Lipinski definition) is 2. The second-order valence-electron chi connectivity index (χ2n) is 7.83. The highest BCUT2D eigenvalue weighted by Crippen LogP contribution is 2.23. The number of carbonyl (C=O) groups excluding carboxylic acids is 1. The van der Waals surface area contributed by atoms with Crippen LogP contribution >= 0.6 is 0 Å². The van der Waals surface area contributed by atoms with Crippen LogP contribution in [0.2, 0.25) is 0 Å². The fourth-order valence-corrected chi connectivity index (χ4v) is 3.87. The van der Waals surface area contributed by atoms with Gasteiger partial charge in [-0.2, -0.15) is 0 Å². The summed E-state index contributed by atoms with van der Waals surface area (Å²) in [6.45, 7) is 11.6. The number of nitro groups is 1. The van der Waals surface area contributed by atoms with Crippen molar-refractivity contribution in [2.45, 2.75) is 33.7 Å². The van der Waals surface area contributed by atoms with Crippen LogP contribution in [-0.4, -0.2) is 43.1 Å². The first-order chi connectivity index (χ1) is 13.8. The molecule has 1 atom stereocenters. The van der Waals surface area contributed by atoms with Crippen LogP contribution in [-0.2, 0) is 4.79 Å². The summed E-state index contributed by atoms with van der Waals surface area (Å²) in [6, 6.07) is 10.7. The third-order valence-corrected chi connectivity index (χ3v) is 6.01. The van der Waals surface area contributed by atoms with Gasteiger partial charge in [-0.3, -0.25) is 14.9 Å². The molecule has 29 heavy (non-hydrogen) atoms. The number of quaternary nitrogens is 1. The van der Waals surface area contributed by atoms with Crippen LogP contribution in [0.25, 0.3) is 0 Å². The lowest BCUT2D eigenvalue weighted by atomic mass is 10.1. The van der Waals surface area contributed by atoms with Gasteiger partial charge in [-0.1, -0.05) is 12.1 Å². The van der Waals surface area contributed by atoms with E-state index in [-0.39, 0.29) is 17.6 Å². The number of aryl methyl sites for hydroxylation is 2. The van der Waals surface area contributed by atoms with Crippen molar-refractivity contribution in [2.24, 2.45) is 0 Å². The number of carbonyl (C=O) groups is 1. The van der Waals surface area contributed by atoms with E-state index in [2.05, 4.69) is 42.3 Å². The molecule has 0 radical (unpaired) electrons. The minimum absolute atomic E-state index is 0.0294. The third kappa shape index (κ3) is 4.56. The Morgan fingerprint density at radius 3 is 2.45 bits per heavy atom. The molecule has 7 nitrogen and oxygen atoms in total. The molecule has 1 amide bonds. The molecule has 0 aromatic heterocycles. The maximum Gasteiger partial charge on any atom is 0.282 e. The van der Waals surface area contributed by atoms with Crippen LogP contribution in [0, 0.1) is 30.9 Å². The van der Waals surface area contributed by atoms with E-state index in [1.54, 1.807) is 13.0 Å². The number of rotatable bonds is 5. The Morgan fingerprint density at radius 1 is 1.14 bits per heavy atom. The highest BCUT2D eigenvalue weighted by Gasteiger charge is 2.30. The lowest BCUT2D eigenvalue weighted by molar-refractivity contribution is -0.914. The summed E-state index contributed by atoms with van der Waals surface area (Å²) in [5.41, 5.74) is 5.23. The Morgan fingerprint density at radius 2 is 1.83 bits per heavy atom. The summed E-state index contributed by atoms with van der Waals surface area (Å²) in [5, 5.41) is 13.8. The summed E-state index contributed by atoms with van der Waals surface area (Å²) >= 11 is 0. The number of non-ortho nitro benzene ring substituents is 1. The molecule has 1 aliphatic rings. The molecule has 1 heterocycles. The molecule has 0 unspecified atom stereocenters. The van der Waals surface area contributed by atoms with Gasteiger partial charge in [0.05, 0.1) is 31.1 Å². The van der Waals surface area contributed by atoms with E-state index in [0.29, 0.717) is 11.3 Å². The predicted octanol–water partition coefficient (Wildman–Crippen LogP) is 2.25. The third-order valence-electron chi connectivity index (χ3n) is 6.01. The summed E-state index contributed by atoms with van der Waals surface area (Å²) in [4.78, 5) is 26.9. The molecule has 0 bridgehead atoms. The number of amides is 1. The fraction of sp³-hybridized carbons (Fsp3) is 0.409. The zero-order chi connectivity index (χ0) is 21.1. The van der Waals surface area contributed by atoms with Gasteiger partial charge < -0.3 is 15.1 Å². The molecule has 7 heteroatoms. The van der Waals surface area contributed by atoms with E-state index >= 15 is 0 Å². The molecule has 1 fully saturated rings. The molecule has 0 spiro atoms. The fourth-order valence-electron chi connectivity index (χ4n) is 3.87. The second-order valence-corrected chi connectivity index (χ2v) is 7.83. The number of nitrogens with one attached hydrogen (secondary N) is 2. The van der Waals surface area contributed by atoms with Gasteiger partial charge in [-0.05, 0) is 56.5 Å². The van der Waals surface area contributed by atoms with Crippen molar-refractivity contribution >= 4 is 23.0 Å². The first kappa shape index (κ1) is 20.8. The Hall–Kier alpha value is -2.93. The lowest BCUT2D eigenvalue weighted by Gasteiger charge is -2.36. The normalized spacial score (nSPS) is 15.8. The summed E-state index contributed by atoms with van der Waals surface area (Å²) in [5.74, 6) is -0.0582. The first-order valence-electron chi connectivity index (χ1n) is 9.99. The van der Waals surface area contributed by atoms with E-state index in [1.807, 2.05) is 6.92 Å². The summed E-state index contributed by atoms with van der Waals surface area (Å²) < 4.78 is 0. The highest BCUT2D eigenvalue weighted by molar-refractivity contribution is 5.94. The van der Waals surface area contributed by atoms with Crippen LogP contribution in [0.15, 0.2) is 36.4 Å². The van der Waals surface area contributed by atoms with E-state index in [1.165, 1.54) is 33.8 Å². The standard InChI is InChI=1S/C22H28N4O3/c1-15-6-5-7-21(17(15)3)25-12-10-24(11-13-25)18(4)22(27)23-20-9-8-19(26(28)29)14-16(20)2/h5-9,14,18H,10-13H2,1-4H3,(H,23,27)/p+1/t18-/m1/s1. The molecule has 154 valence electrons. The van der Waals surface area contributed by atoms with Gasteiger partial charge in [0, 0.05) is 23.5 Å². The molecule has 2 aromatic rings. The van der Waals surface area contributed by atoms with Crippen molar-refractivity contribution in [3.8, 4) is 0 Å². The van der Waals surface area contributed by atoms with Gasteiger partial charge in [-0.25, -0.2) is 0 Å². The maximum atomic E-state index is 12.8. The highest BCUT2D eigenvalue weighted by atomic mass is 16.6. The van der Waals surface area contributed by atoms with Crippen molar-refractivity contribution in [3.63, 3.8) is 0 Å². The smallest absolute Gasteiger partial charge is 0.282 e. The molecule has 2 N–H and O–H groups in total. The Bertz CT molecular complexity index is 920. The lowest BCUT2D eigenvalue weighted by Crippen LogP contribution is -3.19. The molecular weight excluding hydrogens is 368 g/mol. The number of benzene rings is 2. The van der Waals surface area contributed by atoms with Crippen molar-refractivity contribution in [2.75, 3.05) is 36.4 Å². The molecule has 3 rings (SSSR count). The van der Waals surface area contributed by atoms with Crippen LogP contribution in [0.1, 0.15) is 23.6 Å². The van der Waals surface area contributed by atoms with Gasteiger partial charge in [-0.15, -0.1) is 0 Å². The molecular formula is C22H29N4O3+. The van der Waals surface area contributed by atoms with Crippen LogP contribution < -0.4 is 15.1 Å². The molecule has 1 saturated heterocycles. The van der Waals surface area contributed by atoms with Gasteiger partial charge in [0.2, 0.25) is 0 Å². The number of nitro benzene ring substituents is 1. The average molecular weight is 397 g/mol. The van der Waals surface area contributed by atoms with Gasteiger partial charge in [0.25, 0.3) is 11.6 Å². The minimum Gasteiger partial charge on any atom is -0.360 e. The number of anilines is 2. The Balaban J connectivity index is 1.60. The maximum absolute atomic E-state index is 12.8. The van der Waals surface area contributed by atoms with Gasteiger partial charge in [0.15, 0.2) is 6.04 Å². The largest absolute Gasteiger partial charge is 0.360 e. The van der Waals surface area contributed by atoms with Gasteiger partial charge in [0.1, 0.15) is 0 Å². The number of nitrogens with zero attached hydrogens (tertiary/aromatic N) is 2. The van der Waals surface area contributed by atoms with Crippen molar-refractivity contribution in [1.29, 1.82) is 0 Å². The zero-order valence-electron chi connectivity index (χ0n) is 17.5.